The minimum absolute atomic E-state index is 0.505. The molecule has 0 aliphatic heterocycles. The van der Waals surface area contributed by atoms with E-state index in [1.165, 1.54) is 12.8 Å². The molecule has 0 aliphatic carbocycles. The summed E-state index contributed by atoms with van der Waals surface area (Å²) in [5.41, 5.74) is 6.68. The van der Waals surface area contributed by atoms with Gasteiger partial charge >= 0.3 is 0 Å². The van der Waals surface area contributed by atoms with E-state index in [1.807, 2.05) is 24.3 Å². The SMILES string of the molecule is CCCC(C)COCCOc1ccccc1CN. The second-order valence-corrected chi connectivity index (χ2v) is 4.63. The molecular formula is C15H25NO2. The Balaban J connectivity index is 2.17. The van der Waals surface area contributed by atoms with Crippen LogP contribution in [0, 0.1) is 5.92 Å². The Hall–Kier alpha value is -1.06. The monoisotopic (exact) mass is 251 g/mol. The molecule has 0 saturated heterocycles. The van der Waals surface area contributed by atoms with Crippen LogP contribution in [0.4, 0.5) is 0 Å². The molecule has 1 aromatic rings. The van der Waals surface area contributed by atoms with Crippen LogP contribution in [0.1, 0.15) is 32.3 Å². The van der Waals surface area contributed by atoms with E-state index in [0.717, 1.165) is 17.9 Å². The Kier molecular flexibility index (Phi) is 7.46. The topological polar surface area (TPSA) is 44.5 Å². The van der Waals surface area contributed by atoms with Crippen molar-refractivity contribution in [2.24, 2.45) is 11.7 Å². The van der Waals surface area contributed by atoms with E-state index < -0.39 is 0 Å². The number of hydrogen-bond acceptors (Lipinski definition) is 3. The minimum Gasteiger partial charge on any atom is -0.491 e. The summed E-state index contributed by atoms with van der Waals surface area (Å²) in [6.45, 7) is 6.95. The van der Waals surface area contributed by atoms with Crippen LogP contribution in [0.5, 0.6) is 5.75 Å². The number of para-hydroxylation sites is 1. The highest BCUT2D eigenvalue weighted by Crippen LogP contribution is 2.16. The smallest absolute Gasteiger partial charge is 0.123 e. The third-order valence-electron chi connectivity index (χ3n) is 2.86. The summed E-state index contributed by atoms with van der Waals surface area (Å²) in [6.07, 6.45) is 2.43. The molecule has 0 spiro atoms. The Morgan fingerprint density at radius 2 is 2.00 bits per heavy atom. The average molecular weight is 251 g/mol. The summed E-state index contributed by atoms with van der Waals surface area (Å²) in [5.74, 6) is 1.50. The zero-order valence-corrected chi connectivity index (χ0v) is 11.5. The molecule has 0 radical (unpaired) electrons. The third kappa shape index (κ3) is 5.52. The maximum atomic E-state index is 5.66. The normalized spacial score (nSPS) is 12.4. The van der Waals surface area contributed by atoms with Gasteiger partial charge in [-0.15, -0.1) is 0 Å². The average Bonchev–Trinajstić information content (AvgIpc) is 2.39. The second-order valence-electron chi connectivity index (χ2n) is 4.63. The van der Waals surface area contributed by atoms with Crippen molar-refractivity contribution in [3.63, 3.8) is 0 Å². The fourth-order valence-corrected chi connectivity index (χ4v) is 1.88. The molecule has 1 atom stereocenters. The maximum absolute atomic E-state index is 5.66. The van der Waals surface area contributed by atoms with Gasteiger partial charge < -0.3 is 15.2 Å². The molecule has 0 aromatic heterocycles. The van der Waals surface area contributed by atoms with Crippen LogP contribution in [-0.2, 0) is 11.3 Å². The van der Waals surface area contributed by atoms with Gasteiger partial charge in [0.25, 0.3) is 0 Å². The van der Waals surface area contributed by atoms with Crippen molar-refractivity contribution >= 4 is 0 Å². The standard InChI is InChI=1S/C15H25NO2/c1-3-6-13(2)12-17-9-10-18-15-8-5-4-7-14(15)11-16/h4-5,7-8,13H,3,6,9-12,16H2,1-2H3. The van der Waals surface area contributed by atoms with E-state index in [0.29, 0.717) is 25.7 Å². The molecule has 1 unspecified atom stereocenters. The van der Waals surface area contributed by atoms with Gasteiger partial charge in [-0.1, -0.05) is 38.5 Å². The van der Waals surface area contributed by atoms with Crippen LogP contribution in [-0.4, -0.2) is 19.8 Å². The summed E-state index contributed by atoms with van der Waals surface area (Å²) in [6, 6.07) is 7.86. The van der Waals surface area contributed by atoms with Crippen LogP contribution in [0.3, 0.4) is 0 Å². The van der Waals surface area contributed by atoms with Crippen LogP contribution in [0.2, 0.25) is 0 Å². The molecule has 1 rings (SSSR count). The number of nitrogens with two attached hydrogens (primary N) is 1. The lowest BCUT2D eigenvalue weighted by molar-refractivity contribution is 0.0756. The van der Waals surface area contributed by atoms with Crippen molar-refractivity contribution in [3.05, 3.63) is 29.8 Å². The highest BCUT2D eigenvalue weighted by atomic mass is 16.5. The van der Waals surface area contributed by atoms with E-state index >= 15 is 0 Å². The van der Waals surface area contributed by atoms with Crippen molar-refractivity contribution < 1.29 is 9.47 Å². The number of benzene rings is 1. The lowest BCUT2D eigenvalue weighted by Crippen LogP contribution is -2.12. The van der Waals surface area contributed by atoms with Crippen LogP contribution < -0.4 is 10.5 Å². The Labute approximate surface area is 110 Å². The first kappa shape index (κ1) is 15.0. The summed E-state index contributed by atoms with van der Waals surface area (Å²) in [5, 5.41) is 0. The van der Waals surface area contributed by atoms with Gasteiger partial charge in [-0.25, -0.2) is 0 Å². The Bertz CT molecular complexity index is 328. The van der Waals surface area contributed by atoms with E-state index in [4.69, 9.17) is 15.2 Å². The molecule has 0 fully saturated rings. The second kappa shape index (κ2) is 8.95. The largest absolute Gasteiger partial charge is 0.491 e. The maximum Gasteiger partial charge on any atom is 0.123 e. The van der Waals surface area contributed by atoms with Gasteiger partial charge in [-0.05, 0) is 18.4 Å². The van der Waals surface area contributed by atoms with Gasteiger partial charge in [0.1, 0.15) is 12.4 Å². The van der Waals surface area contributed by atoms with E-state index in [-0.39, 0.29) is 0 Å². The number of hydrogen-bond donors (Lipinski definition) is 1. The fraction of sp³-hybridized carbons (Fsp3) is 0.600. The molecule has 0 saturated carbocycles. The molecular weight excluding hydrogens is 226 g/mol. The molecule has 0 heterocycles. The Morgan fingerprint density at radius 1 is 1.22 bits per heavy atom. The summed E-state index contributed by atoms with van der Waals surface area (Å²) in [4.78, 5) is 0. The highest BCUT2D eigenvalue weighted by Gasteiger charge is 2.02. The van der Waals surface area contributed by atoms with Crippen molar-refractivity contribution in [1.29, 1.82) is 0 Å². The van der Waals surface area contributed by atoms with Crippen LogP contribution >= 0.6 is 0 Å². The zero-order chi connectivity index (χ0) is 13.2. The van der Waals surface area contributed by atoms with Crippen LogP contribution in [0.25, 0.3) is 0 Å². The number of ether oxygens (including phenoxy) is 2. The third-order valence-corrected chi connectivity index (χ3v) is 2.86. The summed E-state index contributed by atoms with van der Waals surface area (Å²) >= 11 is 0. The molecule has 0 aliphatic rings. The van der Waals surface area contributed by atoms with E-state index in [2.05, 4.69) is 13.8 Å². The number of rotatable bonds is 9. The predicted octanol–water partition coefficient (Wildman–Crippen LogP) is 2.98. The first-order valence-electron chi connectivity index (χ1n) is 6.76. The summed E-state index contributed by atoms with van der Waals surface area (Å²) < 4.78 is 11.3. The van der Waals surface area contributed by atoms with Gasteiger partial charge in [0.05, 0.1) is 6.61 Å². The van der Waals surface area contributed by atoms with Crippen molar-refractivity contribution in [3.8, 4) is 5.75 Å². The first-order valence-corrected chi connectivity index (χ1v) is 6.76. The van der Waals surface area contributed by atoms with Gasteiger partial charge in [0, 0.05) is 18.7 Å². The molecule has 0 bridgehead atoms. The molecule has 1 aromatic carbocycles. The lowest BCUT2D eigenvalue weighted by Gasteiger charge is -2.12. The molecule has 0 amide bonds. The minimum atomic E-state index is 0.505. The van der Waals surface area contributed by atoms with Crippen LogP contribution in [0.15, 0.2) is 24.3 Å². The predicted molar refractivity (Wildman–Crippen MR) is 74.7 cm³/mol. The first-order chi connectivity index (χ1) is 8.77. The van der Waals surface area contributed by atoms with Crippen molar-refractivity contribution in [1.82, 2.24) is 0 Å². The van der Waals surface area contributed by atoms with Gasteiger partial charge in [0.2, 0.25) is 0 Å². The van der Waals surface area contributed by atoms with Gasteiger partial charge in [-0.2, -0.15) is 0 Å². The quantitative estimate of drug-likeness (QED) is 0.686. The van der Waals surface area contributed by atoms with E-state index in [9.17, 15) is 0 Å². The van der Waals surface area contributed by atoms with Crippen molar-refractivity contribution in [2.75, 3.05) is 19.8 Å². The lowest BCUT2D eigenvalue weighted by atomic mass is 10.1. The molecule has 3 nitrogen and oxygen atoms in total. The van der Waals surface area contributed by atoms with Crippen molar-refractivity contribution in [2.45, 2.75) is 33.2 Å². The molecule has 18 heavy (non-hydrogen) atoms. The van der Waals surface area contributed by atoms with Gasteiger partial charge in [0.15, 0.2) is 0 Å². The molecule has 3 heteroatoms. The fourth-order valence-electron chi connectivity index (χ4n) is 1.88. The Morgan fingerprint density at radius 3 is 2.72 bits per heavy atom. The zero-order valence-electron chi connectivity index (χ0n) is 11.5. The molecule has 102 valence electrons. The highest BCUT2D eigenvalue weighted by molar-refractivity contribution is 5.32. The van der Waals surface area contributed by atoms with E-state index in [1.54, 1.807) is 0 Å². The molecule has 2 N–H and O–H groups in total. The summed E-state index contributed by atoms with van der Waals surface area (Å²) in [7, 11) is 0. The van der Waals surface area contributed by atoms with Gasteiger partial charge in [-0.3, -0.25) is 0 Å².